The Labute approximate surface area is 479 Å². The molecule has 0 aliphatic rings. The van der Waals surface area contributed by atoms with Crippen LogP contribution < -0.4 is 90.4 Å². The van der Waals surface area contributed by atoms with E-state index in [0.717, 1.165) is 51.7 Å². The molecule has 0 aliphatic heterocycles. The molecule has 0 heterocycles. The van der Waals surface area contributed by atoms with E-state index in [0.29, 0.717) is 0 Å². The molecule has 406 valence electrons. The zero-order chi connectivity index (χ0) is 55.7. The number of methoxy groups -OCH3 is 9. The molecule has 0 amide bonds. The first-order valence-electron chi connectivity index (χ1n) is 24.4. The molecular formula is C63H66Cl2O9P3Ru+3. The first kappa shape index (κ1) is 60.9. The van der Waals surface area contributed by atoms with Crippen molar-refractivity contribution in [1.82, 2.24) is 0 Å². The van der Waals surface area contributed by atoms with Crippen molar-refractivity contribution in [3.05, 3.63) is 218 Å². The minimum absolute atomic E-state index is 0.346. The molecule has 78 heavy (non-hydrogen) atoms. The van der Waals surface area contributed by atoms with E-state index in [1.807, 2.05) is 109 Å². The minimum atomic E-state index is -1.12. The number of benzene rings is 9. The van der Waals surface area contributed by atoms with E-state index in [1.54, 1.807) is 64.0 Å². The van der Waals surface area contributed by atoms with Gasteiger partial charge in [-0.1, -0.05) is 0 Å². The summed E-state index contributed by atoms with van der Waals surface area (Å²) in [6, 6.07) is 75.2. The van der Waals surface area contributed by atoms with Crippen LogP contribution in [-0.4, -0.2) is 64.0 Å². The van der Waals surface area contributed by atoms with Gasteiger partial charge < -0.3 is 42.6 Å². The van der Waals surface area contributed by atoms with E-state index in [9.17, 15) is 0 Å². The summed E-state index contributed by atoms with van der Waals surface area (Å²) in [5.41, 5.74) is 0. The van der Waals surface area contributed by atoms with Crippen LogP contribution in [0.3, 0.4) is 0 Å². The first-order valence-corrected chi connectivity index (χ1v) is 33.4. The fourth-order valence-electron chi connectivity index (χ4n) is 8.32. The zero-order valence-corrected chi connectivity index (χ0v) is 51.3. The SMILES string of the molecule is COc1ccc([PH+](c2ccc(OC)cc2)c2ccc(OC)cc2)cc1.COc1ccc([PH+](c2ccc(OC)cc2)c2ccc(OC)cc2)cc1.COc1ccc([PH+](c2ccc(OC)cc2)c2ccc(OC)cc2)cc1.[Cl][Ru][Cl]. The standard InChI is InChI=1S/3C21H21O3P.2ClH.Ru/c3*1-22-16-4-10-19(11-5-16)25(20-12-6-17(23-2)7-13-20)21-14-8-18(24-3)9-15-21;;;/h3*4-15H,1-3H3;2*1H;/q;;;;;+2/p+1. The number of hydrogen-bond donors (Lipinski definition) is 0. The Hall–Kier alpha value is -6.33. The van der Waals surface area contributed by atoms with Crippen molar-refractivity contribution < 1.29 is 57.8 Å². The van der Waals surface area contributed by atoms with Gasteiger partial charge in [0, 0.05) is 0 Å². The molecular weight excluding hydrogens is 1170 g/mol. The van der Waals surface area contributed by atoms with Gasteiger partial charge in [-0.05, 0) is 218 Å². The van der Waals surface area contributed by atoms with Crippen LogP contribution >= 0.6 is 43.1 Å². The van der Waals surface area contributed by atoms with Gasteiger partial charge in [-0.15, -0.1) is 0 Å². The van der Waals surface area contributed by atoms with Crippen molar-refractivity contribution in [3.8, 4) is 51.7 Å². The molecule has 9 rings (SSSR count). The van der Waals surface area contributed by atoms with Gasteiger partial charge in [0.1, 0.15) is 99.5 Å². The normalized spacial score (nSPS) is 10.4. The van der Waals surface area contributed by atoms with Crippen LogP contribution in [0.25, 0.3) is 0 Å². The van der Waals surface area contributed by atoms with Gasteiger partial charge in [-0.3, -0.25) is 0 Å². The second-order valence-electron chi connectivity index (χ2n) is 16.7. The predicted octanol–water partition coefficient (Wildman–Crippen LogP) is 11.0. The van der Waals surface area contributed by atoms with Gasteiger partial charge in [0.25, 0.3) is 0 Å². The predicted molar refractivity (Wildman–Crippen MR) is 330 cm³/mol. The summed E-state index contributed by atoms with van der Waals surface area (Å²) in [6.07, 6.45) is 0. The summed E-state index contributed by atoms with van der Waals surface area (Å²) in [6.45, 7) is 0. The average molecular weight is 1230 g/mol. The quantitative estimate of drug-likeness (QED) is 0.0616. The van der Waals surface area contributed by atoms with Crippen molar-refractivity contribution in [2.24, 2.45) is 0 Å². The summed E-state index contributed by atoms with van der Waals surface area (Å²) in [5.74, 6) is 7.83. The molecule has 0 N–H and O–H groups in total. The van der Waals surface area contributed by atoms with Gasteiger partial charge >= 0.3 is 34.5 Å². The van der Waals surface area contributed by atoms with E-state index in [2.05, 4.69) is 109 Å². The van der Waals surface area contributed by atoms with E-state index < -0.39 is 23.8 Å². The number of hydrogen-bond acceptors (Lipinski definition) is 9. The van der Waals surface area contributed by atoms with Crippen molar-refractivity contribution in [3.63, 3.8) is 0 Å². The molecule has 0 aliphatic carbocycles. The summed E-state index contributed by atoms with van der Waals surface area (Å²) in [5, 5.41) is 11.8. The Morgan fingerprint density at radius 1 is 0.192 bits per heavy atom. The molecule has 9 aromatic rings. The molecule has 0 unspecified atom stereocenters. The maximum absolute atomic E-state index is 5.30. The molecule has 0 bridgehead atoms. The molecule has 0 radical (unpaired) electrons. The second kappa shape index (κ2) is 32.5. The van der Waals surface area contributed by atoms with Crippen molar-refractivity contribution in [2.75, 3.05) is 64.0 Å². The summed E-state index contributed by atoms with van der Waals surface area (Å²) < 4.78 is 47.7. The Bertz CT molecular complexity index is 2430. The summed E-state index contributed by atoms with van der Waals surface area (Å²) in [4.78, 5) is 0. The van der Waals surface area contributed by atoms with Crippen LogP contribution in [0.1, 0.15) is 0 Å². The number of rotatable bonds is 18. The molecule has 15 heteroatoms. The van der Waals surface area contributed by atoms with Gasteiger partial charge in [0.05, 0.1) is 87.8 Å². The maximum atomic E-state index is 5.30. The zero-order valence-electron chi connectivity index (χ0n) is 45.1. The van der Waals surface area contributed by atoms with Gasteiger partial charge in [-0.25, -0.2) is 0 Å². The fraction of sp³-hybridized carbons (Fsp3) is 0.143. The third-order valence-electron chi connectivity index (χ3n) is 12.4. The van der Waals surface area contributed by atoms with Crippen LogP contribution in [0.15, 0.2) is 218 Å². The molecule has 0 fully saturated rings. The topological polar surface area (TPSA) is 83.1 Å². The van der Waals surface area contributed by atoms with Crippen LogP contribution in [-0.2, 0) is 15.1 Å². The number of halogens is 2. The van der Waals surface area contributed by atoms with Crippen molar-refractivity contribution >= 4 is 90.9 Å². The van der Waals surface area contributed by atoms with Gasteiger partial charge in [-0.2, -0.15) is 0 Å². The Morgan fingerprint density at radius 3 is 0.333 bits per heavy atom. The average Bonchev–Trinajstić information content (AvgIpc) is 3.51. The van der Waals surface area contributed by atoms with Crippen LogP contribution in [0.5, 0.6) is 51.7 Å². The second-order valence-corrected chi connectivity index (χ2v) is 26.8. The molecule has 0 saturated heterocycles. The molecule has 9 nitrogen and oxygen atoms in total. The van der Waals surface area contributed by atoms with Crippen molar-refractivity contribution in [2.45, 2.75) is 0 Å². The van der Waals surface area contributed by atoms with E-state index in [4.69, 9.17) is 62.0 Å². The van der Waals surface area contributed by atoms with Crippen molar-refractivity contribution in [1.29, 1.82) is 0 Å². The summed E-state index contributed by atoms with van der Waals surface area (Å²) >= 11 is -0.346. The number of ether oxygens (including phenoxy) is 9. The Morgan fingerprint density at radius 2 is 0.269 bits per heavy atom. The van der Waals surface area contributed by atoms with Crippen LogP contribution in [0.2, 0.25) is 0 Å². The van der Waals surface area contributed by atoms with E-state index >= 15 is 0 Å². The van der Waals surface area contributed by atoms with Crippen LogP contribution in [0.4, 0.5) is 0 Å². The molecule has 0 spiro atoms. The Kier molecular flexibility index (Phi) is 25.4. The molecule has 0 saturated carbocycles. The van der Waals surface area contributed by atoms with Crippen LogP contribution in [0, 0.1) is 0 Å². The van der Waals surface area contributed by atoms with Gasteiger partial charge in [0.2, 0.25) is 0 Å². The summed E-state index contributed by atoms with van der Waals surface area (Å²) in [7, 11) is 21.5. The molecule has 9 aromatic carbocycles. The van der Waals surface area contributed by atoms with Gasteiger partial charge in [0.15, 0.2) is 0 Å². The molecule has 0 aromatic heterocycles. The monoisotopic (exact) mass is 1230 g/mol. The first-order chi connectivity index (χ1) is 38.1. The van der Waals surface area contributed by atoms with E-state index in [-0.39, 0.29) is 15.1 Å². The third-order valence-corrected chi connectivity index (χ3v) is 20.6. The Balaban J connectivity index is 0.000000184. The fourth-order valence-corrected chi connectivity index (χ4v) is 15.8. The van der Waals surface area contributed by atoms with E-state index in [1.165, 1.54) is 47.7 Å². The molecule has 0 atom stereocenters. The third kappa shape index (κ3) is 17.3.